The second-order valence-electron chi connectivity index (χ2n) is 6.84. The number of hydrogen-bond acceptors (Lipinski definition) is 2. The summed E-state index contributed by atoms with van der Waals surface area (Å²) in [6.07, 6.45) is -2.71. The van der Waals surface area contributed by atoms with Gasteiger partial charge in [-0.1, -0.05) is 36.4 Å². The number of rotatable bonds is 2. The first kappa shape index (κ1) is 17.3. The van der Waals surface area contributed by atoms with E-state index in [1.807, 2.05) is 25.1 Å². The minimum Gasteiger partial charge on any atom is -0.376 e. The second kappa shape index (κ2) is 5.76. The van der Waals surface area contributed by atoms with E-state index in [9.17, 15) is 18.0 Å². The fourth-order valence-electron chi connectivity index (χ4n) is 3.14. The van der Waals surface area contributed by atoms with Crippen molar-refractivity contribution in [2.24, 2.45) is 0 Å². The Bertz CT molecular complexity index is 862. The Morgan fingerprint density at radius 1 is 1.00 bits per heavy atom. The Hall–Kier alpha value is -2.56. The van der Waals surface area contributed by atoms with Crippen LogP contribution in [0.2, 0.25) is 0 Å². The topological polar surface area (TPSA) is 29.1 Å². The van der Waals surface area contributed by atoms with Gasteiger partial charge in [-0.3, -0.25) is 4.79 Å². The maximum Gasteiger partial charge on any atom is 0.454 e. The summed E-state index contributed by atoms with van der Waals surface area (Å²) in [4.78, 5) is 11.3. The highest BCUT2D eigenvalue weighted by molar-refractivity contribution is 6.00. The van der Waals surface area contributed by atoms with E-state index in [0.29, 0.717) is 0 Å². The normalized spacial score (nSPS) is 15.8. The van der Waals surface area contributed by atoms with Crippen molar-refractivity contribution in [3.8, 4) is 11.1 Å². The zero-order valence-corrected chi connectivity index (χ0v) is 14.2. The summed E-state index contributed by atoms with van der Waals surface area (Å²) >= 11 is 0. The predicted octanol–water partition coefficient (Wildman–Crippen LogP) is 5.71. The number of benzene rings is 2. The summed E-state index contributed by atoms with van der Waals surface area (Å²) in [6, 6.07) is 11.4. The quantitative estimate of drug-likeness (QED) is 0.707. The van der Waals surface area contributed by atoms with Gasteiger partial charge < -0.3 is 5.32 Å². The lowest BCUT2D eigenvalue weighted by Crippen LogP contribution is -2.31. The van der Waals surface area contributed by atoms with Crippen LogP contribution < -0.4 is 5.32 Å². The van der Waals surface area contributed by atoms with Crippen LogP contribution >= 0.6 is 0 Å². The zero-order valence-electron chi connectivity index (χ0n) is 14.2. The van der Waals surface area contributed by atoms with E-state index in [4.69, 9.17) is 0 Å². The number of ketones is 1. The van der Waals surface area contributed by atoms with Crippen molar-refractivity contribution in [3.63, 3.8) is 0 Å². The highest BCUT2D eigenvalue weighted by atomic mass is 19.4. The average molecular weight is 345 g/mol. The molecule has 2 nitrogen and oxygen atoms in total. The summed E-state index contributed by atoms with van der Waals surface area (Å²) < 4.78 is 37.5. The third-order valence-corrected chi connectivity index (χ3v) is 4.22. The maximum absolute atomic E-state index is 12.5. The van der Waals surface area contributed by atoms with Gasteiger partial charge in [-0.15, -0.1) is 0 Å². The van der Waals surface area contributed by atoms with E-state index in [1.54, 1.807) is 12.1 Å². The van der Waals surface area contributed by atoms with E-state index in [1.165, 1.54) is 12.1 Å². The van der Waals surface area contributed by atoms with Crippen LogP contribution in [-0.4, -0.2) is 17.5 Å². The van der Waals surface area contributed by atoms with Crippen LogP contribution in [0.25, 0.3) is 16.7 Å². The molecule has 1 N–H and O–H groups in total. The number of anilines is 1. The third kappa shape index (κ3) is 3.45. The molecule has 0 aromatic heterocycles. The van der Waals surface area contributed by atoms with Crippen molar-refractivity contribution in [1.82, 2.24) is 0 Å². The molecule has 0 spiro atoms. The zero-order chi connectivity index (χ0) is 18.4. The fourth-order valence-corrected chi connectivity index (χ4v) is 3.14. The Balaban J connectivity index is 1.94. The van der Waals surface area contributed by atoms with Gasteiger partial charge in [0.25, 0.3) is 5.78 Å². The Morgan fingerprint density at radius 3 is 2.20 bits per heavy atom. The van der Waals surface area contributed by atoms with Crippen LogP contribution in [0.5, 0.6) is 0 Å². The van der Waals surface area contributed by atoms with Crippen LogP contribution in [0.15, 0.2) is 48.5 Å². The molecule has 1 aliphatic heterocycles. The van der Waals surface area contributed by atoms with E-state index >= 15 is 0 Å². The van der Waals surface area contributed by atoms with Crippen molar-refractivity contribution in [2.45, 2.75) is 32.5 Å². The molecule has 0 aliphatic carbocycles. The molecule has 0 unspecified atom stereocenters. The van der Waals surface area contributed by atoms with Crippen LogP contribution in [0.4, 0.5) is 18.9 Å². The second-order valence-corrected chi connectivity index (χ2v) is 6.84. The number of allylic oxidation sites excluding steroid dienone is 1. The molecule has 0 bridgehead atoms. The molecule has 5 heteroatoms. The van der Waals surface area contributed by atoms with Crippen LogP contribution in [0.3, 0.4) is 0 Å². The monoisotopic (exact) mass is 345 g/mol. The molecule has 1 aliphatic rings. The van der Waals surface area contributed by atoms with E-state index < -0.39 is 12.0 Å². The van der Waals surface area contributed by atoms with Crippen molar-refractivity contribution in [1.29, 1.82) is 0 Å². The van der Waals surface area contributed by atoms with Gasteiger partial charge in [0.2, 0.25) is 0 Å². The minimum atomic E-state index is -4.85. The smallest absolute Gasteiger partial charge is 0.376 e. The van der Waals surface area contributed by atoms with Gasteiger partial charge in [0.05, 0.1) is 5.54 Å². The molecule has 0 atom stereocenters. The number of Topliss-reactive ketones (excluding diaryl/α,β-unsaturated/α-hetero) is 1. The largest absolute Gasteiger partial charge is 0.454 e. The first-order chi connectivity index (χ1) is 11.6. The minimum absolute atomic E-state index is 0.127. The van der Waals surface area contributed by atoms with Crippen molar-refractivity contribution >= 4 is 17.0 Å². The Morgan fingerprint density at radius 2 is 1.60 bits per heavy atom. The lowest BCUT2D eigenvalue weighted by Gasteiger charge is -2.31. The molecule has 130 valence electrons. The molecule has 0 fully saturated rings. The summed E-state index contributed by atoms with van der Waals surface area (Å²) in [5, 5.41) is 3.44. The van der Waals surface area contributed by atoms with Gasteiger partial charge in [-0.2, -0.15) is 13.2 Å². The number of halogens is 3. The van der Waals surface area contributed by atoms with Gasteiger partial charge >= 0.3 is 6.18 Å². The van der Waals surface area contributed by atoms with Gasteiger partial charge in [0, 0.05) is 16.8 Å². The Labute approximate surface area is 144 Å². The van der Waals surface area contributed by atoms with Crippen LogP contribution in [0.1, 0.15) is 36.7 Å². The first-order valence-corrected chi connectivity index (χ1v) is 7.91. The summed E-state index contributed by atoms with van der Waals surface area (Å²) in [7, 11) is 0. The van der Waals surface area contributed by atoms with Gasteiger partial charge in [-0.05, 0) is 49.6 Å². The molecule has 2 aromatic carbocycles. The highest BCUT2D eigenvalue weighted by Gasteiger charge is 2.39. The number of fused-ring (bicyclic) bond motifs is 1. The van der Waals surface area contributed by atoms with Crippen LogP contribution in [0, 0.1) is 0 Å². The van der Waals surface area contributed by atoms with E-state index in [2.05, 4.69) is 25.2 Å². The fraction of sp³-hybridized carbons (Fsp3) is 0.250. The standard InChI is InChI=1S/C20H18F3NO/c1-12-11-19(2,3)24-17-9-8-15(10-16(12)17)13-4-6-14(7-5-13)18(25)20(21,22)23/h4-11,24H,1-3H3. The number of carbonyl (C=O) groups excluding carboxylic acids is 1. The molecule has 0 radical (unpaired) electrons. The number of hydrogen-bond donors (Lipinski definition) is 1. The predicted molar refractivity (Wildman–Crippen MR) is 93.6 cm³/mol. The highest BCUT2D eigenvalue weighted by Crippen LogP contribution is 2.36. The molecule has 3 rings (SSSR count). The molecule has 0 saturated heterocycles. The third-order valence-electron chi connectivity index (χ3n) is 4.22. The maximum atomic E-state index is 12.5. The van der Waals surface area contributed by atoms with E-state index in [-0.39, 0.29) is 11.1 Å². The van der Waals surface area contributed by atoms with Gasteiger partial charge in [0.1, 0.15) is 0 Å². The SMILES string of the molecule is CC1=CC(C)(C)Nc2ccc(-c3ccc(C(=O)C(F)(F)F)cc3)cc21. The molecule has 0 amide bonds. The average Bonchev–Trinajstić information content (AvgIpc) is 2.52. The molecule has 0 saturated carbocycles. The molecule has 2 aromatic rings. The van der Waals surface area contributed by atoms with Crippen molar-refractivity contribution < 1.29 is 18.0 Å². The number of nitrogens with one attached hydrogen (secondary N) is 1. The van der Waals surface area contributed by atoms with Gasteiger partial charge in [0.15, 0.2) is 0 Å². The summed E-state index contributed by atoms with van der Waals surface area (Å²) in [5.41, 5.74) is 4.40. The first-order valence-electron chi connectivity index (χ1n) is 7.91. The lowest BCUT2D eigenvalue weighted by molar-refractivity contribution is -0.0885. The summed E-state index contributed by atoms with van der Waals surface area (Å²) in [5.74, 6) is -1.82. The molecular weight excluding hydrogens is 327 g/mol. The lowest BCUT2D eigenvalue weighted by atomic mass is 9.89. The molecule has 1 heterocycles. The van der Waals surface area contributed by atoms with Crippen LogP contribution in [-0.2, 0) is 0 Å². The number of alkyl halides is 3. The van der Waals surface area contributed by atoms with E-state index in [0.717, 1.165) is 28.0 Å². The van der Waals surface area contributed by atoms with Gasteiger partial charge in [-0.25, -0.2) is 0 Å². The molecule has 25 heavy (non-hydrogen) atoms. The van der Waals surface area contributed by atoms with Crippen molar-refractivity contribution in [3.05, 3.63) is 59.7 Å². The summed E-state index contributed by atoms with van der Waals surface area (Å²) in [6.45, 7) is 6.21. The number of carbonyl (C=O) groups is 1. The van der Waals surface area contributed by atoms with Crippen molar-refractivity contribution in [2.75, 3.05) is 5.32 Å². The Kier molecular flexibility index (Phi) is 3.98. The molecular formula is C20H18F3NO.